The summed E-state index contributed by atoms with van der Waals surface area (Å²) in [6, 6.07) is 9.69. The van der Waals surface area contributed by atoms with Crippen molar-refractivity contribution in [2.45, 2.75) is 6.54 Å². The highest BCUT2D eigenvalue weighted by atomic mass is 16.5. The molecular weight excluding hydrogens is 346 g/mol. The first-order chi connectivity index (χ1) is 13.1. The van der Waals surface area contributed by atoms with Gasteiger partial charge in [0.2, 0.25) is 5.91 Å². The third-order valence-electron chi connectivity index (χ3n) is 4.00. The summed E-state index contributed by atoms with van der Waals surface area (Å²) in [5.74, 6) is 0.876. The van der Waals surface area contributed by atoms with Crippen LogP contribution in [0.3, 0.4) is 0 Å². The van der Waals surface area contributed by atoms with E-state index in [9.17, 15) is 4.79 Å². The molecule has 3 aromatic heterocycles. The lowest BCUT2D eigenvalue weighted by Gasteiger charge is -2.06. The molecule has 0 saturated heterocycles. The maximum absolute atomic E-state index is 12.1. The number of para-hydroxylation sites is 1. The summed E-state index contributed by atoms with van der Waals surface area (Å²) in [6.07, 6.45) is 4.94. The van der Waals surface area contributed by atoms with E-state index in [1.807, 2.05) is 30.3 Å². The maximum atomic E-state index is 12.1. The van der Waals surface area contributed by atoms with Crippen LogP contribution in [0, 0.1) is 0 Å². The van der Waals surface area contributed by atoms with Crippen LogP contribution in [0.4, 0.5) is 5.82 Å². The first kappa shape index (κ1) is 16.7. The normalized spacial score (nSPS) is 10.9. The molecule has 4 aromatic rings. The number of hydrogen-bond acceptors (Lipinski definition) is 6. The van der Waals surface area contributed by atoms with Crippen LogP contribution < -0.4 is 10.1 Å². The highest BCUT2D eigenvalue weighted by Gasteiger charge is 2.10. The fourth-order valence-corrected chi connectivity index (χ4v) is 2.76. The quantitative estimate of drug-likeness (QED) is 0.581. The number of nitrogens with zero attached hydrogens (tertiary/aromatic N) is 6. The molecule has 136 valence electrons. The lowest BCUT2D eigenvalue weighted by atomic mass is 10.1. The van der Waals surface area contributed by atoms with Gasteiger partial charge in [0.15, 0.2) is 5.82 Å². The zero-order valence-corrected chi connectivity index (χ0v) is 14.8. The molecule has 3 heterocycles. The number of methoxy groups -OCH3 is 1. The van der Waals surface area contributed by atoms with Gasteiger partial charge in [-0.05, 0) is 12.1 Å². The molecule has 0 unspecified atom stereocenters. The van der Waals surface area contributed by atoms with Crippen molar-refractivity contribution in [1.82, 2.24) is 29.8 Å². The predicted molar refractivity (Wildman–Crippen MR) is 99.1 cm³/mol. The summed E-state index contributed by atoms with van der Waals surface area (Å²) in [6.45, 7) is 0.0630. The Bertz CT molecular complexity index is 1120. The Morgan fingerprint density at radius 1 is 1.19 bits per heavy atom. The van der Waals surface area contributed by atoms with Gasteiger partial charge < -0.3 is 10.1 Å². The number of amides is 1. The topological polar surface area (TPSA) is 99.8 Å². The Balaban J connectivity index is 1.53. The molecule has 27 heavy (non-hydrogen) atoms. The van der Waals surface area contributed by atoms with Gasteiger partial charge in [-0.2, -0.15) is 15.0 Å². The van der Waals surface area contributed by atoms with Crippen molar-refractivity contribution in [2.24, 2.45) is 7.05 Å². The van der Waals surface area contributed by atoms with Crippen molar-refractivity contribution in [1.29, 1.82) is 0 Å². The molecule has 0 aliphatic carbocycles. The van der Waals surface area contributed by atoms with E-state index in [2.05, 4.69) is 25.6 Å². The first-order valence-electron chi connectivity index (χ1n) is 8.25. The van der Waals surface area contributed by atoms with Gasteiger partial charge in [0.1, 0.15) is 17.8 Å². The van der Waals surface area contributed by atoms with Gasteiger partial charge in [0.25, 0.3) is 0 Å². The first-order valence-corrected chi connectivity index (χ1v) is 8.25. The average Bonchev–Trinajstić information content (AvgIpc) is 3.29. The van der Waals surface area contributed by atoms with Crippen molar-refractivity contribution in [3.8, 4) is 17.0 Å². The van der Waals surface area contributed by atoms with Crippen LogP contribution in [-0.2, 0) is 18.4 Å². The second-order valence-corrected chi connectivity index (χ2v) is 5.92. The molecule has 0 aliphatic rings. The predicted octanol–water partition coefficient (Wildman–Crippen LogP) is 1.87. The minimum absolute atomic E-state index is 0.0630. The highest BCUT2D eigenvalue weighted by Crippen LogP contribution is 2.26. The van der Waals surface area contributed by atoms with Gasteiger partial charge in [-0.3, -0.25) is 9.48 Å². The average molecular weight is 363 g/mol. The molecule has 0 saturated carbocycles. The number of fused-ring (bicyclic) bond motifs is 1. The Labute approximate surface area is 154 Å². The summed E-state index contributed by atoms with van der Waals surface area (Å²) >= 11 is 0. The molecule has 9 heteroatoms. The minimum atomic E-state index is -0.238. The van der Waals surface area contributed by atoms with E-state index in [1.165, 1.54) is 11.0 Å². The molecule has 1 amide bonds. The molecule has 4 rings (SSSR count). The molecule has 1 aromatic carbocycles. The molecule has 0 atom stereocenters. The number of aromatic nitrogens is 6. The molecule has 0 radical (unpaired) electrons. The summed E-state index contributed by atoms with van der Waals surface area (Å²) in [4.78, 5) is 18.2. The number of pyridine rings is 1. The third-order valence-corrected chi connectivity index (χ3v) is 4.00. The van der Waals surface area contributed by atoms with Gasteiger partial charge in [0, 0.05) is 24.2 Å². The van der Waals surface area contributed by atoms with E-state index in [0.717, 1.165) is 22.2 Å². The van der Waals surface area contributed by atoms with Crippen LogP contribution in [0.2, 0.25) is 0 Å². The molecular formula is C18H17N7O2. The van der Waals surface area contributed by atoms with Crippen molar-refractivity contribution >= 4 is 22.6 Å². The van der Waals surface area contributed by atoms with Crippen LogP contribution in [0.25, 0.3) is 22.2 Å². The van der Waals surface area contributed by atoms with Gasteiger partial charge in [-0.25, -0.2) is 4.98 Å². The van der Waals surface area contributed by atoms with Gasteiger partial charge in [0.05, 0.1) is 25.2 Å². The summed E-state index contributed by atoms with van der Waals surface area (Å²) in [5.41, 5.74) is 2.35. The van der Waals surface area contributed by atoms with Crippen LogP contribution in [0.1, 0.15) is 0 Å². The van der Waals surface area contributed by atoms with Crippen LogP contribution in [0.5, 0.6) is 5.75 Å². The molecule has 9 nitrogen and oxygen atoms in total. The smallest absolute Gasteiger partial charge is 0.247 e. The molecule has 0 aliphatic heterocycles. The largest absolute Gasteiger partial charge is 0.494 e. The van der Waals surface area contributed by atoms with E-state index in [-0.39, 0.29) is 12.5 Å². The molecule has 0 spiro atoms. The zero-order valence-electron chi connectivity index (χ0n) is 14.8. The standard InChI is InChI=1S/C18H17N7O2/c1-24-19-9-16(23-24)22-17(26)11-25-10-13(8-20-25)14-7-6-12-4-3-5-15(27-2)18(12)21-14/h3-10H,11H2,1-2H3,(H,22,23,26). The van der Waals surface area contributed by atoms with E-state index < -0.39 is 0 Å². The SMILES string of the molecule is COc1cccc2ccc(-c3cnn(CC(=O)Nc4cnn(C)n4)c3)nc12. The minimum Gasteiger partial charge on any atom is -0.494 e. The number of aryl methyl sites for hydroxylation is 1. The molecule has 1 N–H and O–H groups in total. The number of carbonyl (C=O) groups is 1. The van der Waals surface area contributed by atoms with Crippen molar-refractivity contribution in [2.75, 3.05) is 12.4 Å². The van der Waals surface area contributed by atoms with Crippen LogP contribution in [-0.4, -0.2) is 42.8 Å². The Hall–Kier alpha value is -3.75. The highest BCUT2D eigenvalue weighted by molar-refractivity contribution is 5.89. The molecule has 0 bridgehead atoms. The van der Waals surface area contributed by atoms with E-state index >= 15 is 0 Å². The van der Waals surface area contributed by atoms with E-state index in [1.54, 1.807) is 31.2 Å². The Kier molecular flexibility index (Phi) is 4.25. The number of nitrogens with one attached hydrogen (secondary N) is 1. The fraction of sp³-hybridized carbons (Fsp3) is 0.167. The van der Waals surface area contributed by atoms with E-state index in [4.69, 9.17) is 4.74 Å². The lowest BCUT2D eigenvalue weighted by Crippen LogP contribution is -2.19. The van der Waals surface area contributed by atoms with E-state index in [0.29, 0.717) is 11.6 Å². The fourth-order valence-electron chi connectivity index (χ4n) is 2.76. The lowest BCUT2D eigenvalue weighted by molar-refractivity contribution is -0.116. The van der Waals surface area contributed by atoms with Gasteiger partial charge in [-0.15, -0.1) is 5.10 Å². The summed E-state index contributed by atoms with van der Waals surface area (Å²) < 4.78 is 6.94. The Morgan fingerprint density at radius 3 is 2.85 bits per heavy atom. The number of benzene rings is 1. The number of hydrogen-bond donors (Lipinski definition) is 1. The number of ether oxygens (including phenoxy) is 1. The zero-order chi connectivity index (χ0) is 18.8. The van der Waals surface area contributed by atoms with Gasteiger partial charge >= 0.3 is 0 Å². The number of carbonyl (C=O) groups excluding carboxylic acids is 1. The van der Waals surface area contributed by atoms with Crippen molar-refractivity contribution in [3.05, 3.63) is 48.9 Å². The van der Waals surface area contributed by atoms with Crippen molar-refractivity contribution in [3.63, 3.8) is 0 Å². The monoisotopic (exact) mass is 363 g/mol. The number of rotatable bonds is 5. The second-order valence-electron chi connectivity index (χ2n) is 5.92. The van der Waals surface area contributed by atoms with Crippen LogP contribution >= 0.6 is 0 Å². The van der Waals surface area contributed by atoms with Crippen LogP contribution in [0.15, 0.2) is 48.9 Å². The third kappa shape index (κ3) is 3.47. The maximum Gasteiger partial charge on any atom is 0.247 e. The van der Waals surface area contributed by atoms with Gasteiger partial charge in [-0.1, -0.05) is 18.2 Å². The Morgan fingerprint density at radius 2 is 2.07 bits per heavy atom. The summed E-state index contributed by atoms with van der Waals surface area (Å²) in [5, 5.41) is 15.8. The number of anilines is 1. The summed E-state index contributed by atoms with van der Waals surface area (Å²) in [7, 11) is 3.30. The second kappa shape index (κ2) is 6.87. The van der Waals surface area contributed by atoms with Crippen molar-refractivity contribution < 1.29 is 9.53 Å². The molecule has 0 fully saturated rings.